The van der Waals surface area contributed by atoms with Crippen molar-refractivity contribution >= 4 is 11.3 Å². The summed E-state index contributed by atoms with van der Waals surface area (Å²) in [5.74, 6) is 0.704. The zero-order valence-corrected chi connectivity index (χ0v) is 12.8. The summed E-state index contributed by atoms with van der Waals surface area (Å²) < 4.78 is 5.46. The molecular formula is C15H24N2OS. The lowest BCUT2D eigenvalue weighted by Crippen LogP contribution is -2.35. The standard InChI is InChI=1S/C15H24N2OS/c1-16-8-13(10-18-2)15(11-16)5-6-17(12-15)9-14-4-3-7-19-14/h3-4,7,13H,5-6,8-12H2,1-2H3/t13-,15+/m0/s1. The first-order valence-electron chi connectivity index (χ1n) is 7.14. The van der Waals surface area contributed by atoms with Crippen LogP contribution in [-0.2, 0) is 11.3 Å². The number of thiophene rings is 1. The van der Waals surface area contributed by atoms with Gasteiger partial charge in [-0.2, -0.15) is 0 Å². The van der Waals surface area contributed by atoms with Crippen molar-refractivity contribution in [1.29, 1.82) is 0 Å². The molecule has 0 bridgehead atoms. The smallest absolute Gasteiger partial charge is 0.0509 e. The summed E-state index contributed by atoms with van der Waals surface area (Å²) in [6.45, 7) is 6.96. The molecule has 0 amide bonds. The van der Waals surface area contributed by atoms with Crippen LogP contribution in [0.25, 0.3) is 0 Å². The summed E-state index contributed by atoms with van der Waals surface area (Å²) in [6, 6.07) is 4.41. The lowest BCUT2D eigenvalue weighted by atomic mass is 9.78. The summed E-state index contributed by atoms with van der Waals surface area (Å²) in [5.41, 5.74) is 0.474. The predicted molar refractivity (Wildman–Crippen MR) is 79.5 cm³/mol. The van der Waals surface area contributed by atoms with Crippen LogP contribution in [-0.4, -0.2) is 56.7 Å². The van der Waals surface area contributed by atoms with Gasteiger partial charge in [0.2, 0.25) is 0 Å². The predicted octanol–water partition coefficient (Wildman–Crippen LogP) is 2.15. The Balaban J connectivity index is 1.66. The van der Waals surface area contributed by atoms with Gasteiger partial charge in [-0.15, -0.1) is 11.3 Å². The first-order valence-corrected chi connectivity index (χ1v) is 8.02. The maximum absolute atomic E-state index is 5.46. The number of hydrogen-bond acceptors (Lipinski definition) is 4. The fourth-order valence-electron chi connectivity index (χ4n) is 3.94. The summed E-state index contributed by atoms with van der Waals surface area (Å²) in [5, 5.41) is 2.18. The maximum atomic E-state index is 5.46. The molecule has 4 heteroatoms. The van der Waals surface area contributed by atoms with Crippen LogP contribution in [0.3, 0.4) is 0 Å². The minimum atomic E-state index is 0.474. The second kappa shape index (κ2) is 5.52. The van der Waals surface area contributed by atoms with Crippen molar-refractivity contribution in [3.8, 4) is 0 Å². The van der Waals surface area contributed by atoms with Gasteiger partial charge in [0.25, 0.3) is 0 Å². The lowest BCUT2D eigenvalue weighted by molar-refractivity contribution is 0.0959. The average molecular weight is 280 g/mol. The third-order valence-corrected chi connectivity index (χ3v) is 5.64. The highest BCUT2D eigenvalue weighted by Crippen LogP contribution is 2.43. The van der Waals surface area contributed by atoms with Gasteiger partial charge in [-0.25, -0.2) is 0 Å². The molecule has 106 valence electrons. The summed E-state index contributed by atoms with van der Waals surface area (Å²) in [4.78, 5) is 6.61. The van der Waals surface area contributed by atoms with E-state index >= 15 is 0 Å². The molecule has 19 heavy (non-hydrogen) atoms. The van der Waals surface area contributed by atoms with Crippen LogP contribution in [0.5, 0.6) is 0 Å². The Labute approximate surface area is 120 Å². The molecule has 1 spiro atoms. The minimum Gasteiger partial charge on any atom is -0.384 e. The Morgan fingerprint density at radius 2 is 2.37 bits per heavy atom. The van der Waals surface area contributed by atoms with Crippen LogP contribution in [0.15, 0.2) is 17.5 Å². The molecule has 0 N–H and O–H groups in total. The molecule has 0 aliphatic carbocycles. The van der Waals surface area contributed by atoms with E-state index in [2.05, 4.69) is 34.4 Å². The minimum absolute atomic E-state index is 0.474. The topological polar surface area (TPSA) is 15.7 Å². The van der Waals surface area contributed by atoms with Gasteiger partial charge in [0.1, 0.15) is 0 Å². The summed E-state index contributed by atoms with van der Waals surface area (Å²) in [6.07, 6.45) is 1.33. The van der Waals surface area contributed by atoms with Gasteiger partial charge in [-0.3, -0.25) is 4.90 Å². The van der Waals surface area contributed by atoms with Crippen molar-refractivity contribution in [2.75, 3.05) is 46.9 Å². The fourth-order valence-corrected chi connectivity index (χ4v) is 4.68. The van der Waals surface area contributed by atoms with Crippen molar-refractivity contribution in [3.05, 3.63) is 22.4 Å². The number of methoxy groups -OCH3 is 1. The van der Waals surface area contributed by atoms with Crippen LogP contribution in [0, 0.1) is 11.3 Å². The molecule has 2 aliphatic heterocycles. The van der Waals surface area contributed by atoms with Gasteiger partial charge < -0.3 is 9.64 Å². The molecule has 3 heterocycles. The lowest BCUT2D eigenvalue weighted by Gasteiger charge is -2.30. The summed E-state index contributed by atoms with van der Waals surface area (Å²) in [7, 11) is 4.09. The Kier molecular flexibility index (Phi) is 3.94. The molecule has 2 fully saturated rings. The third kappa shape index (κ3) is 2.72. The second-order valence-electron chi connectivity index (χ2n) is 6.25. The van der Waals surface area contributed by atoms with Crippen molar-refractivity contribution in [3.63, 3.8) is 0 Å². The molecule has 1 aromatic heterocycles. The van der Waals surface area contributed by atoms with E-state index in [0.29, 0.717) is 11.3 Å². The highest BCUT2D eigenvalue weighted by atomic mass is 32.1. The van der Waals surface area contributed by atoms with Crippen molar-refractivity contribution in [2.24, 2.45) is 11.3 Å². The zero-order chi connectivity index (χ0) is 13.3. The van der Waals surface area contributed by atoms with E-state index in [-0.39, 0.29) is 0 Å². The number of rotatable bonds is 4. The van der Waals surface area contributed by atoms with Gasteiger partial charge in [0, 0.05) is 49.5 Å². The van der Waals surface area contributed by atoms with Gasteiger partial charge in [-0.1, -0.05) is 6.07 Å². The van der Waals surface area contributed by atoms with E-state index in [0.717, 1.165) is 13.2 Å². The average Bonchev–Trinajstić information content (AvgIpc) is 3.05. The van der Waals surface area contributed by atoms with E-state index in [1.807, 2.05) is 18.4 Å². The number of hydrogen-bond donors (Lipinski definition) is 0. The van der Waals surface area contributed by atoms with Crippen LogP contribution >= 0.6 is 11.3 Å². The monoisotopic (exact) mass is 280 g/mol. The molecule has 1 aromatic rings. The first-order chi connectivity index (χ1) is 9.22. The molecule has 0 saturated carbocycles. The van der Waals surface area contributed by atoms with Gasteiger partial charge in [0.15, 0.2) is 0 Å². The van der Waals surface area contributed by atoms with Gasteiger partial charge in [-0.05, 0) is 31.5 Å². The number of ether oxygens (including phenoxy) is 1. The first kappa shape index (κ1) is 13.6. The maximum Gasteiger partial charge on any atom is 0.0509 e. The van der Waals surface area contributed by atoms with Gasteiger partial charge in [0.05, 0.1) is 6.61 Å². The third-order valence-electron chi connectivity index (χ3n) is 4.77. The molecule has 2 saturated heterocycles. The van der Waals surface area contributed by atoms with Crippen molar-refractivity contribution in [2.45, 2.75) is 13.0 Å². The van der Waals surface area contributed by atoms with Crippen LogP contribution in [0.2, 0.25) is 0 Å². The van der Waals surface area contributed by atoms with Gasteiger partial charge >= 0.3 is 0 Å². The molecule has 3 nitrogen and oxygen atoms in total. The molecule has 2 aliphatic rings. The second-order valence-corrected chi connectivity index (χ2v) is 7.28. The zero-order valence-electron chi connectivity index (χ0n) is 12.0. The molecule has 0 unspecified atom stereocenters. The number of nitrogens with zero attached hydrogens (tertiary/aromatic N) is 2. The van der Waals surface area contributed by atoms with Crippen molar-refractivity contribution < 1.29 is 4.74 Å². The van der Waals surface area contributed by atoms with E-state index < -0.39 is 0 Å². The highest BCUT2D eigenvalue weighted by Gasteiger charge is 2.49. The Morgan fingerprint density at radius 1 is 1.47 bits per heavy atom. The molecule has 2 atom stereocenters. The van der Waals surface area contributed by atoms with Crippen molar-refractivity contribution in [1.82, 2.24) is 9.80 Å². The fraction of sp³-hybridized carbons (Fsp3) is 0.733. The number of likely N-dealkylation sites (tertiary alicyclic amines) is 2. The molecular weight excluding hydrogens is 256 g/mol. The molecule has 0 radical (unpaired) electrons. The molecule has 0 aromatic carbocycles. The normalized spacial score (nSPS) is 32.6. The van der Waals surface area contributed by atoms with E-state index in [1.165, 1.54) is 37.5 Å². The van der Waals surface area contributed by atoms with E-state index in [4.69, 9.17) is 4.74 Å². The largest absolute Gasteiger partial charge is 0.384 e. The van der Waals surface area contributed by atoms with Crippen LogP contribution in [0.4, 0.5) is 0 Å². The van der Waals surface area contributed by atoms with Crippen LogP contribution < -0.4 is 0 Å². The SMILES string of the molecule is COC[C@@H]1CN(C)C[C@@]12CCN(Cc1cccs1)C2. The van der Waals surface area contributed by atoms with E-state index in [1.54, 1.807) is 0 Å². The quantitative estimate of drug-likeness (QED) is 0.840. The Bertz CT molecular complexity index is 408. The Hall–Kier alpha value is -0.420. The highest BCUT2D eigenvalue weighted by molar-refractivity contribution is 7.09. The summed E-state index contributed by atoms with van der Waals surface area (Å²) >= 11 is 1.88. The molecule has 3 rings (SSSR count). The Morgan fingerprint density at radius 3 is 3.11 bits per heavy atom. The van der Waals surface area contributed by atoms with Crippen LogP contribution in [0.1, 0.15) is 11.3 Å². The van der Waals surface area contributed by atoms with E-state index in [9.17, 15) is 0 Å².